The van der Waals surface area contributed by atoms with Crippen molar-refractivity contribution < 1.29 is 4.79 Å². The highest BCUT2D eigenvalue weighted by molar-refractivity contribution is 5.89. The summed E-state index contributed by atoms with van der Waals surface area (Å²) in [6, 6.07) is 11.3. The van der Waals surface area contributed by atoms with Gasteiger partial charge in [-0.25, -0.2) is 14.5 Å². The van der Waals surface area contributed by atoms with Crippen LogP contribution in [0, 0.1) is 0 Å². The molecule has 0 saturated carbocycles. The van der Waals surface area contributed by atoms with E-state index in [1.165, 1.54) is 6.33 Å². The van der Waals surface area contributed by atoms with Crippen LogP contribution in [0.4, 0.5) is 10.6 Å². The number of carbonyl (C=O) groups excluding carboxylic acids is 1. The van der Waals surface area contributed by atoms with Gasteiger partial charge in [0.2, 0.25) is 0 Å². The highest BCUT2D eigenvalue weighted by Crippen LogP contribution is 2.26. The van der Waals surface area contributed by atoms with E-state index in [0.717, 1.165) is 11.4 Å². The van der Waals surface area contributed by atoms with Crippen LogP contribution >= 0.6 is 0 Å². The van der Waals surface area contributed by atoms with Crippen LogP contribution in [0.15, 0.2) is 49.1 Å². The molecular weight excluding hydrogens is 342 g/mol. The number of aromatic nitrogens is 5. The molecule has 2 amide bonds. The van der Waals surface area contributed by atoms with Gasteiger partial charge in [-0.05, 0) is 19.1 Å². The molecule has 0 saturated heterocycles. The van der Waals surface area contributed by atoms with E-state index in [2.05, 4.69) is 41.5 Å². The number of para-hydroxylation sites is 1. The molecule has 8 heteroatoms. The molecule has 1 aromatic carbocycles. The van der Waals surface area contributed by atoms with Gasteiger partial charge in [-0.3, -0.25) is 10.00 Å². The zero-order chi connectivity index (χ0) is 19.4. The summed E-state index contributed by atoms with van der Waals surface area (Å²) in [7, 11) is 0. The first kappa shape index (κ1) is 18.6. The van der Waals surface area contributed by atoms with Crippen LogP contribution in [0.2, 0.25) is 0 Å². The van der Waals surface area contributed by atoms with Crippen molar-refractivity contribution in [3.63, 3.8) is 0 Å². The van der Waals surface area contributed by atoms with Gasteiger partial charge in [0.1, 0.15) is 18.5 Å². The third-order valence-corrected chi connectivity index (χ3v) is 4.03. The standard InChI is InChI=1S/C19H25N7O/c1-14(11-25-13-20-12-21-25)22-18(27)23-17-10-16(19(2,3)4)24-26(17)15-8-6-5-7-9-15/h5-10,12-14H,11H2,1-4H3,(H2,22,23,27)/t14-/m0/s1. The number of nitrogens with one attached hydrogen (secondary N) is 2. The quantitative estimate of drug-likeness (QED) is 0.725. The number of urea groups is 1. The second-order valence-corrected chi connectivity index (χ2v) is 7.53. The van der Waals surface area contributed by atoms with Crippen LogP contribution in [0.1, 0.15) is 33.4 Å². The van der Waals surface area contributed by atoms with Gasteiger partial charge >= 0.3 is 6.03 Å². The molecule has 0 spiro atoms. The molecule has 3 aromatic rings. The van der Waals surface area contributed by atoms with E-state index in [-0.39, 0.29) is 17.5 Å². The van der Waals surface area contributed by atoms with Crippen LogP contribution in [0.5, 0.6) is 0 Å². The number of nitrogens with zero attached hydrogens (tertiary/aromatic N) is 5. The largest absolute Gasteiger partial charge is 0.334 e. The maximum absolute atomic E-state index is 12.5. The Hall–Kier alpha value is -3.16. The minimum Gasteiger partial charge on any atom is -0.334 e. The first-order valence-electron chi connectivity index (χ1n) is 8.89. The fourth-order valence-electron chi connectivity index (χ4n) is 2.63. The molecule has 2 aromatic heterocycles. The van der Waals surface area contributed by atoms with E-state index in [1.807, 2.05) is 43.3 Å². The molecule has 2 heterocycles. The first-order valence-corrected chi connectivity index (χ1v) is 8.89. The van der Waals surface area contributed by atoms with E-state index in [9.17, 15) is 4.79 Å². The summed E-state index contributed by atoms with van der Waals surface area (Å²) in [6.45, 7) is 8.73. The lowest BCUT2D eigenvalue weighted by Crippen LogP contribution is -2.39. The number of amides is 2. The molecule has 1 atom stereocenters. The van der Waals surface area contributed by atoms with Gasteiger partial charge in [0, 0.05) is 17.5 Å². The molecule has 0 aliphatic heterocycles. The van der Waals surface area contributed by atoms with Gasteiger partial charge in [-0.1, -0.05) is 39.0 Å². The summed E-state index contributed by atoms with van der Waals surface area (Å²) in [5.74, 6) is 0.622. The van der Waals surface area contributed by atoms with Crippen molar-refractivity contribution >= 4 is 11.8 Å². The number of carbonyl (C=O) groups is 1. The van der Waals surface area contributed by atoms with Crippen molar-refractivity contribution in [1.29, 1.82) is 0 Å². The Labute approximate surface area is 158 Å². The van der Waals surface area contributed by atoms with Crippen LogP contribution in [-0.2, 0) is 12.0 Å². The van der Waals surface area contributed by atoms with Crippen molar-refractivity contribution in [3.8, 4) is 5.69 Å². The summed E-state index contributed by atoms with van der Waals surface area (Å²) < 4.78 is 3.43. The monoisotopic (exact) mass is 367 g/mol. The fourth-order valence-corrected chi connectivity index (χ4v) is 2.63. The average Bonchev–Trinajstić information content (AvgIpc) is 3.24. The smallest absolute Gasteiger partial charge is 0.320 e. The SMILES string of the molecule is C[C@@H](Cn1cncn1)NC(=O)Nc1cc(C(C)(C)C)nn1-c1ccccc1. The van der Waals surface area contributed by atoms with Gasteiger partial charge in [0.05, 0.1) is 17.9 Å². The van der Waals surface area contributed by atoms with Gasteiger partial charge < -0.3 is 5.32 Å². The molecule has 0 unspecified atom stereocenters. The number of hydrogen-bond acceptors (Lipinski definition) is 4. The second kappa shape index (κ2) is 7.61. The topological polar surface area (TPSA) is 89.7 Å². The zero-order valence-corrected chi connectivity index (χ0v) is 16.0. The van der Waals surface area contributed by atoms with Crippen LogP contribution < -0.4 is 10.6 Å². The molecule has 2 N–H and O–H groups in total. The van der Waals surface area contributed by atoms with Crippen molar-refractivity contribution in [1.82, 2.24) is 29.9 Å². The third-order valence-electron chi connectivity index (χ3n) is 4.03. The predicted octanol–water partition coefficient (Wildman–Crippen LogP) is 2.97. The number of anilines is 1. The molecule has 3 rings (SSSR count). The van der Waals surface area contributed by atoms with Gasteiger partial charge in [0.25, 0.3) is 0 Å². The second-order valence-electron chi connectivity index (χ2n) is 7.53. The van der Waals surface area contributed by atoms with E-state index in [1.54, 1.807) is 15.7 Å². The van der Waals surface area contributed by atoms with Crippen LogP contribution in [0.3, 0.4) is 0 Å². The van der Waals surface area contributed by atoms with Gasteiger partial charge in [0.15, 0.2) is 0 Å². The Kier molecular flexibility index (Phi) is 5.25. The fraction of sp³-hybridized carbons (Fsp3) is 0.368. The maximum Gasteiger partial charge on any atom is 0.320 e. The lowest BCUT2D eigenvalue weighted by molar-refractivity contribution is 0.247. The lowest BCUT2D eigenvalue weighted by Gasteiger charge is -2.15. The minimum atomic E-state index is -0.292. The molecule has 8 nitrogen and oxygen atoms in total. The minimum absolute atomic E-state index is 0.109. The van der Waals surface area contributed by atoms with Crippen LogP contribution in [0.25, 0.3) is 5.69 Å². The highest BCUT2D eigenvalue weighted by Gasteiger charge is 2.21. The summed E-state index contributed by atoms with van der Waals surface area (Å²) in [5, 5.41) is 14.6. The molecule has 0 aliphatic carbocycles. The molecule has 142 valence electrons. The van der Waals surface area contributed by atoms with Crippen molar-refractivity contribution in [2.24, 2.45) is 0 Å². The Bertz CT molecular complexity index is 879. The van der Waals surface area contributed by atoms with Crippen molar-refractivity contribution in [2.45, 2.75) is 45.7 Å². The van der Waals surface area contributed by atoms with Crippen molar-refractivity contribution in [2.75, 3.05) is 5.32 Å². The molecule has 0 radical (unpaired) electrons. The van der Waals surface area contributed by atoms with E-state index in [0.29, 0.717) is 12.4 Å². The highest BCUT2D eigenvalue weighted by atomic mass is 16.2. The predicted molar refractivity (Wildman–Crippen MR) is 104 cm³/mol. The van der Waals surface area contributed by atoms with E-state index in [4.69, 9.17) is 5.10 Å². The van der Waals surface area contributed by atoms with Crippen molar-refractivity contribution in [3.05, 3.63) is 54.7 Å². The third kappa shape index (κ3) is 4.72. The average molecular weight is 367 g/mol. The summed E-state index contributed by atoms with van der Waals surface area (Å²) >= 11 is 0. The zero-order valence-electron chi connectivity index (χ0n) is 16.0. The van der Waals surface area contributed by atoms with Gasteiger partial charge in [-0.2, -0.15) is 10.2 Å². The van der Waals surface area contributed by atoms with E-state index < -0.39 is 0 Å². The molecule has 0 aliphatic rings. The van der Waals surface area contributed by atoms with Gasteiger partial charge in [-0.15, -0.1) is 0 Å². The van der Waals surface area contributed by atoms with Crippen LogP contribution in [-0.4, -0.2) is 36.6 Å². The summed E-state index contributed by atoms with van der Waals surface area (Å²) in [5.41, 5.74) is 1.66. The lowest BCUT2D eigenvalue weighted by atomic mass is 9.92. The molecule has 0 fully saturated rings. The Balaban J connectivity index is 1.76. The first-order chi connectivity index (χ1) is 12.8. The Morgan fingerprint density at radius 1 is 1.22 bits per heavy atom. The Morgan fingerprint density at radius 2 is 1.96 bits per heavy atom. The molecule has 27 heavy (non-hydrogen) atoms. The molecular formula is C19H25N7O. The normalized spacial score (nSPS) is 12.6. The van der Waals surface area contributed by atoms with E-state index >= 15 is 0 Å². The number of benzene rings is 1. The summed E-state index contributed by atoms with van der Waals surface area (Å²) in [6.07, 6.45) is 3.09. The number of hydrogen-bond donors (Lipinski definition) is 2. The molecule has 0 bridgehead atoms. The summed E-state index contributed by atoms with van der Waals surface area (Å²) in [4.78, 5) is 16.4. The number of rotatable bonds is 5. The maximum atomic E-state index is 12.5. The Morgan fingerprint density at radius 3 is 2.59 bits per heavy atom.